The van der Waals surface area contributed by atoms with Crippen LogP contribution in [0.15, 0.2) is 40.2 Å². The molecular formula is C35H45N5O4S2. The van der Waals surface area contributed by atoms with Crippen molar-refractivity contribution in [2.45, 2.75) is 69.7 Å². The molecule has 9 nitrogen and oxygen atoms in total. The summed E-state index contributed by atoms with van der Waals surface area (Å²) in [4.78, 5) is 39.8. The number of fused-ring (bicyclic) bond motifs is 1. The van der Waals surface area contributed by atoms with Crippen LogP contribution in [0, 0.1) is 19.8 Å². The van der Waals surface area contributed by atoms with Gasteiger partial charge in [-0.2, -0.15) is 11.8 Å². The Kier molecular flexibility index (Phi) is 9.64. The molecule has 1 aromatic carbocycles. The van der Waals surface area contributed by atoms with Gasteiger partial charge in [-0.05, 0) is 84.1 Å². The topological polar surface area (TPSA) is 99.8 Å². The number of nitrogens with one attached hydrogen (secondary N) is 2. The Labute approximate surface area is 280 Å². The summed E-state index contributed by atoms with van der Waals surface area (Å²) in [6.45, 7) is 7.89. The lowest BCUT2D eigenvalue weighted by Gasteiger charge is -2.39. The van der Waals surface area contributed by atoms with Crippen LogP contribution < -0.4 is 25.2 Å². The Bertz CT molecular complexity index is 1650. The number of thioether (sulfide) groups is 2. The third-order valence-electron chi connectivity index (χ3n) is 9.78. The fourth-order valence-electron chi connectivity index (χ4n) is 6.94. The van der Waals surface area contributed by atoms with Crippen LogP contribution in [0.5, 0.6) is 11.5 Å². The van der Waals surface area contributed by atoms with Gasteiger partial charge < -0.3 is 29.6 Å². The highest BCUT2D eigenvalue weighted by molar-refractivity contribution is 7.99. The molecule has 1 saturated carbocycles. The smallest absolute Gasteiger partial charge is 0.254 e. The quantitative estimate of drug-likeness (QED) is 0.287. The molecule has 6 rings (SSSR count). The van der Waals surface area contributed by atoms with Crippen LogP contribution in [0.1, 0.15) is 59.8 Å². The Morgan fingerprint density at radius 1 is 1.13 bits per heavy atom. The summed E-state index contributed by atoms with van der Waals surface area (Å²) in [6.07, 6.45) is 7.99. The Balaban J connectivity index is 1.33. The van der Waals surface area contributed by atoms with Crippen LogP contribution >= 0.6 is 23.5 Å². The maximum atomic E-state index is 13.9. The molecule has 11 heteroatoms. The first-order chi connectivity index (χ1) is 22.1. The molecule has 0 spiro atoms. The molecule has 1 amide bonds. The molecule has 1 atom stereocenters. The summed E-state index contributed by atoms with van der Waals surface area (Å²) >= 11 is 3.47. The zero-order chi connectivity index (χ0) is 32.6. The van der Waals surface area contributed by atoms with Gasteiger partial charge in [-0.1, -0.05) is 0 Å². The lowest BCUT2D eigenvalue weighted by Crippen LogP contribution is -2.46. The number of H-pyrrole nitrogens is 1. The fraction of sp³-hybridized carbons (Fsp3) is 0.514. The van der Waals surface area contributed by atoms with E-state index in [0.29, 0.717) is 28.7 Å². The second-order valence-electron chi connectivity index (χ2n) is 13.0. The van der Waals surface area contributed by atoms with E-state index in [1.807, 2.05) is 57.1 Å². The van der Waals surface area contributed by atoms with Crippen LogP contribution in [0.3, 0.4) is 0 Å². The molecule has 1 saturated heterocycles. The van der Waals surface area contributed by atoms with Crippen molar-refractivity contribution in [1.82, 2.24) is 20.2 Å². The highest BCUT2D eigenvalue weighted by Crippen LogP contribution is 2.53. The van der Waals surface area contributed by atoms with E-state index in [2.05, 4.69) is 46.3 Å². The van der Waals surface area contributed by atoms with Crippen molar-refractivity contribution in [1.29, 1.82) is 0 Å². The summed E-state index contributed by atoms with van der Waals surface area (Å²) in [7, 11) is 4.29. The lowest BCUT2D eigenvalue weighted by molar-refractivity contribution is -0.123. The minimum atomic E-state index is -0.838. The largest absolute Gasteiger partial charge is 0.448 e. The molecule has 1 aliphatic carbocycles. The molecule has 0 radical (unpaired) electrons. The molecule has 2 aliphatic heterocycles. The highest BCUT2D eigenvalue weighted by Gasteiger charge is 2.47. The standard InChI is InChI=1S/C35H45N5O4S2/c1-21-17-29(45-6)28(34(42)38-21)20-37-33(41)26-18-27(23-7-12-30(36-19-23)40-13-15-46-16-14-40)32-31(22(26)2)43-35(3,44-32)24-8-10-25(11-9-24)39(4)5/h7,12,17-19,24-25H,8-11,13-16,20H2,1-6H3,(H,37,41)(H,38,42). The number of hydrogen-bond donors (Lipinski definition) is 2. The number of ether oxygens (including phenoxy) is 2. The predicted octanol–water partition coefficient (Wildman–Crippen LogP) is 5.87. The van der Waals surface area contributed by atoms with Crippen molar-refractivity contribution >= 4 is 35.2 Å². The maximum Gasteiger partial charge on any atom is 0.254 e. The van der Waals surface area contributed by atoms with Gasteiger partial charge in [-0.25, -0.2) is 4.98 Å². The number of carbonyl (C=O) groups excluding carboxylic acids is 1. The molecule has 2 N–H and O–H groups in total. The average Bonchev–Trinajstić information content (AvgIpc) is 3.43. The molecule has 0 bridgehead atoms. The molecule has 3 aromatic rings. The van der Waals surface area contributed by atoms with E-state index in [-0.39, 0.29) is 23.9 Å². The fourth-order valence-corrected chi connectivity index (χ4v) is 8.55. The van der Waals surface area contributed by atoms with Gasteiger partial charge in [0.2, 0.25) is 0 Å². The van der Waals surface area contributed by atoms with Gasteiger partial charge in [0.1, 0.15) is 5.82 Å². The zero-order valence-electron chi connectivity index (χ0n) is 27.7. The number of amides is 1. The molecule has 1 unspecified atom stereocenters. The summed E-state index contributed by atoms with van der Waals surface area (Å²) < 4.78 is 13.6. The molecule has 2 fully saturated rings. The Morgan fingerprint density at radius 2 is 1.85 bits per heavy atom. The van der Waals surface area contributed by atoms with Gasteiger partial charge in [0.25, 0.3) is 17.3 Å². The van der Waals surface area contributed by atoms with Crippen LogP contribution in [0.4, 0.5) is 5.82 Å². The number of nitrogens with zero attached hydrogens (tertiary/aromatic N) is 3. The van der Waals surface area contributed by atoms with Crippen molar-refractivity contribution < 1.29 is 14.3 Å². The number of anilines is 1. The van der Waals surface area contributed by atoms with Crippen LogP contribution in [-0.4, -0.2) is 77.6 Å². The Morgan fingerprint density at radius 3 is 2.50 bits per heavy atom. The van der Waals surface area contributed by atoms with E-state index in [9.17, 15) is 9.59 Å². The summed E-state index contributed by atoms with van der Waals surface area (Å²) in [5.74, 6) is 3.53. The van der Waals surface area contributed by atoms with E-state index in [1.54, 1.807) is 0 Å². The predicted molar refractivity (Wildman–Crippen MR) is 188 cm³/mol. The van der Waals surface area contributed by atoms with Crippen molar-refractivity contribution in [3.05, 3.63) is 63.2 Å². The monoisotopic (exact) mass is 663 g/mol. The first-order valence-corrected chi connectivity index (χ1v) is 18.5. The molecular weight excluding hydrogens is 619 g/mol. The number of rotatable bonds is 8. The maximum absolute atomic E-state index is 13.9. The second kappa shape index (κ2) is 13.5. The number of benzene rings is 1. The van der Waals surface area contributed by atoms with Gasteiger partial charge in [0, 0.05) is 94.6 Å². The number of aryl methyl sites for hydroxylation is 1. The van der Waals surface area contributed by atoms with Crippen LogP contribution in [-0.2, 0) is 6.54 Å². The summed E-state index contributed by atoms with van der Waals surface area (Å²) in [6, 6.07) is 8.51. The van der Waals surface area contributed by atoms with E-state index in [1.165, 1.54) is 11.8 Å². The average molecular weight is 664 g/mol. The van der Waals surface area contributed by atoms with Crippen LogP contribution in [0.2, 0.25) is 0 Å². The Hall–Kier alpha value is -3.15. The van der Waals surface area contributed by atoms with Crippen molar-refractivity contribution in [3.63, 3.8) is 0 Å². The van der Waals surface area contributed by atoms with E-state index in [0.717, 1.165) is 83.4 Å². The number of aromatic amines is 1. The molecule has 46 heavy (non-hydrogen) atoms. The minimum Gasteiger partial charge on any atom is -0.448 e. The summed E-state index contributed by atoms with van der Waals surface area (Å²) in [5.41, 5.74) is 4.00. The highest BCUT2D eigenvalue weighted by atomic mass is 32.2. The van der Waals surface area contributed by atoms with Gasteiger partial charge in [0.05, 0.1) is 0 Å². The third-order valence-corrected chi connectivity index (χ3v) is 11.5. The van der Waals surface area contributed by atoms with Gasteiger partial charge >= 0.3 is 0 Å². The normalized spacial score (nSPS) is 22.7. The van der Waals surface area contributed by atoms with E-state index < -0.39 is 5.79 Å². The van der Waals surface area contributed by atoms with Crippen molar-refractivity contribution in [2.75, 3.05) is 49.8 Å². The number of carbonyl (C=O) groups is 1. The SMILES string of the molecule is CSc1cc(C)[nH]c(=O)c1CNC(=O)c1cc(-c2ccc(N3CCSCC3)nc2)c2c(c1C)OC(C)(C1CCC(N(C)C)CC1)O2. The van der Waals surface area contributed by atoms with Gasteiger partial charge in [0.15, 0.2) is 11.5 Å². The molecule has 3 aliphatic rings. The van der Waals surface area contributed by atoms with Gasteiger partial charge in [-0.3, -0.25) is 9.59 Å². The van der Waals surface area contributed by atoms with Crippen molar-refractivity contribution in [2.24, 2.45) is 5.92 Å². The first-order valence-electron chi connectivity index (χ1n) is 16.1. The number of aromatic nitrogens is 2. The van der Waals surface area contributed by atoms with Gasteiger partial charge in [-0.15, -0.1) is 11.8 Å². The number of pyridine rings is 2. The summed E-state index contributed by atoms with van der Waals surface area (Å²) in [5, 5.41) is 3.02. The molecule has 246 valence electrons. The van der Waals surface area contributed by atoms with E-state index >= 15 is 0 Å². The second-order valence-corrected chi connectivity index (χ2v) is 15.0. The zero-order valence-corrected chi connectivity index (χ0v) is 29.3. The number of hydrogen-bond acceptors (Lipinski definition) is 9. The van der Waals surface area contributed by atoms with E-state index in [4.69, 9.17) is 14.5 Å². The van der Waals surface area contributed by atoms with Crippen molar-refractivity contribution in [3.8, 4) is 22.6 Å². The third kappa shape index (κ3) is 6.51. The lowest BCUT2D eigenvalue weighted by atomic mass is 9.81. The molecule has 2 aromatic heterocycles. The first kappa shape index (κ1) is 32.8. The minimum absolute atomic E-state index is 0.116. The molecule has 4 heterocycles. The van der Waals surface area contributed by atoms with Crippen LogP contribution in [0.25, 0.3) is 11.1 Å².